The number of pyridine rings is 1. The van der Waals surface area contributed by atoms with E-state index >= 15 is 0 Å². The van der Waals surface area contributed by atoms with Crippen LogP contribution < -0.4 is 5.56 Å². The molecule has 3 nitrogen and oxygen atoms in total. The highest BCUT2D eigenvalue weighted by Gasteiger charge is 2.31. The first-order chi connectivity index (χ1) is 12.1. The smallest absolute Gasteiger partial charge is 0.251 e. The largest absolute Gasteiger partial charge is 0.322 e. The number of hydrogen-bond donors (Lipinski definition) is 1. The number of benzene rings is 2. The summed E-state index contributed by atoms with van der Waals surface area (Å²) < 4.78 is 0. The van der Waals surface area contributed by atoms with E-state index in [4.69, 9.17) is 0 Å². The molecule has 1 unspecified atom stereocenters. The molecule has 3 heteroatoms. The fraction of sp³-hybridized carbons (Fsp3) is 0.273. The number of H-pyrrole nitrogens is 1. The molecule has 0 saturated carbocycles. The zero-order valence-corrected chi connectivity index (χ0v) is 14.7. The van der Waals surface area contributed by atoms with Gasteiger partial charge in [-0.2, -0.15) is 5.26 Å². The maximum absolute atomic E-state index is 12.1. The lowest BCUT2D eigenvalue weighted by molar-refractivity contribution is 0.526. The maximum Gasteiger partial charge on any atom is 0.251 e. The van der Waals surface area contributed by atoms with E-state index in [1.807, 2.05) is 56.3 Å². The Kier molecular flexibility index (Phi) is 4.72. The molecular weight excluding hydrogens is 308 g/mol. The minimum Gasteiger partial charge on any atom is -0.322 e. The molecule has 0 bridgehead atoms. The number of rotatable bonds is 5. The fourth-order valence-corrected chi connectivity index (χ4v) is 3.37. The molecular formula is C22H22N2O. The topological polar surface area (TPSA) is 56.6 Å². The normalized spacial score (nSPS) is 13.3. The summed E-state index contributed by atoms with van der Waals surface area (Å²) in [6.07, 6.45) is 2.07. The Morgan fingerprint density at radius 3 is 2.48 bits per heavy atom. The summed E-state index contributed by atoms with van der Waals surface area (Å²) in [6, 6.07) is 20.6. The van der Waals surface area contributed by atoms with Crippen molar-refractivity contribution in [3.63, 3.8) is 0 Å². The monoisotopic (exact) mass is 330 g/mol. The summed E-state index contributed by atoms with van der Waals surface area (Å²) in [5.74, 6) is 0. The van der Waals surface area contributed by atoms with E-state index in [1.165, 1.54) is 0 Å². The predicted molar refractivity (Wildman–Crippen MR) is 102 cm³/mol. The van der Waals surface area contributed by atoms with Crippen molar-refractivity contribution in [3.05, 3.63) is 81.6 Å². The van der Waals surface area contributed by atoms with Crippen molar-refractivity contribution in [1.29, 1.82) is 5.26 Å². The number of aromatic nitrogens is 1. The van der Waals surface area contributed by atoms with E-state index in [0.29, 0.717) is 19.3 Å². The van der Waals surface area contributed by atoms with Crippen molar-refractivity contribution in [1.82, 2.24) is 4.98 Å². The van der Waals surface area contributed by atoms with Crippen molar-refractivity contribution < 1.29 is 0 Å². The van der Waals surface area contributed by atoms with Crippen LogP contribution in [0.1, 0.15) is 37.0 Å². The summed E-state index contributed by atoms with van der Waals surface area (Å²) in [7, 11) is 0. The minimum absolute atomic E-state index is 0.0470. The Morgan fingerprint density at radius 2 is 1.84 bits per heavy atom. The maximum atomic E-state index is 12.1. The highest BCUT2D eigenvalue weighted by atomic mass is 16.1. The molecule has 0 saturated heterocycles. The molecule has 3 aromatic rings. The van der Waals surface area contributed by atoms with Gasteiger partial charge in [0, 0.05) is 11.1 Å². The molecule has 1 atom stereocenters. The summed E-state index contributed by atoms with van der Waals surface area (Å²) in [6.45, 7) is 4.02. The van der Waals surface area contributed by atoms with Crippen LogP contribution in [0.5, 0.6) is 0 Å². The van der Waals surface area contributed by atoms with Crippen molar-refractivity contribution in [3.8, 4) is 6.07 Å². The van der Waals surface area contributed by atoms with Gasteiger partial charge in [-0.05, 0) is 47.9 Å². The summed E-state index contributed by atoms with van der Waals surface area (Å²) in [5, 5.41) is 11.0. The summed E-state index contributed by atoms with van der Waals surface area (Å²) in [5.41, 5.74) is 3.02. The first-order valence-electron chi connectivity index (χ1n) is 8.73. The Balaban J connectivity index is 2.10. The molecule has 0 radical (unpaired) electrons. The number of aromatic amines is 1. The second-order valence-corrected chi connectivity index (χ2v) is 6.49. The van der Waals surface area contributed by atoms with Gasteiger partial charge >= 0.3 is 0 Å². The first-order valence-corrected chi connectivity index (χ1v) is 8.73. The second kappa shape index (κ2) is 6.94. The molecule has 126 valence electrons. The van der Waals surface area contributed by atoms with Crippen LogP contribution in [0.3, 0.4) is 0 Å². The summed E-state index contributed by atoms with van der Waals surface area (Å²) in [4.78, 5) is 15.1. The third kappa shape index (κ3) is 3.21. The zero-order chi connectivity index (χ0) is 17.9. The number of hydrogen-bond acceptors (Lipinski definition) is 2. The third-order valence-electron chi connectivity index (χ3n) is 5.02. The van der Waals surface area contributed by atoms with Gasteiger partial charge in [0.15, 0.2) is 0 Å². The summed E-state index contributed by atoms with van der Waals surface area (Å²) >= 11 is 0. The molecule has 0 fully saturated rings. The van der Waals surface area contributed by atoms with Gasteiger partial charge < -0.3 is 4.98 Å². The molecule has 0 amide bonds. The van der Waals surface area contributed by atoms with E-state index in [9.17, 15) is 10.1 Å². The standard InChI is InChI=1S/C22H22N2O/c1-3-17-12-18-10-11-19(13-20(18)24-21(17)25)22(4-2,15-23)14-16-8-6-5-7-9-16/h5-13H,3-4,14H2,1-2H3,(H,24,25). The van der Waals surface area contributed by atoms with E-state index in [0.717, 1.165) is 27.6 Å². The predicted octanol–water partition coefficient (Wildman–Crippen LogP) is 4.50. The SMILES string of the molecule is CCc1cc2ccc(C(C#N)(CC)Cc3ccccc3)cc2[nH]c1=O. The van der Waals surface area contributed by atoms with Crippen LogP contribution in [-0.2, 0) is 18.3 Å². The van der Waals surface area contributed by atoms with E-state index in [2.05, 4.69) is 23.2 Å². The van der Waals surface area contributed by atoms with Gasteiger partial charge in [-0.15, -0.1) is 0 Å². The van der Waals surface area contributed by atoms with Gasteiger partial charge in [0.1, 0.15) is 0 Å². The van der Waals surface area contributed by atoms with Crippen molar-refractivity contribution in [2.24, 2.45) is 0 Å². The van der Waals surface area contributed by atoms with Gasteiger partial charge in [0.2, 0.25) is 0 Å². The van der Waals surface area contributed by atoms with E-state index in [1.54, 1.807) is 0 Å². The van der Waals surface area contributed by atoms with Crippen LogP contribution in [0.25, 0.3) is 10.9 Å². The molecule has 1 heterocycles. The van der Waals surface area contributed by atoms with Crippen LogP contribution in [0, 0.1) is 11.3 Å². The molecule has 25 heavy (non-hydrogen) atoms. The lowest BCUT2D eigenvalue weighted by Crippen LogP contribution is -2.26. The quantitative estimate of drug-likeness (QED) is 0.748. The molecule has 0 aliphatic carbocycles. The Morgan fingerprint density at radius 1 is 1.08 bits per heavy atom. The molecule has 3 rings (SSSR count). The average molecular weight is 330 g/mol. The van der Waals surface area contributed by atoms with Gasteiger partial charge in [-0.1, -0.05) is 56.3 Å². The van der Waals surface area contributed by atoms with Crippen molar-refractivity contribution >= 4 is 10.9 Å². The van der Waals surface area contributed by atoms with Gasteiger partial charge in [-0.25, -0.2) is 0 Å². The van der Waals surface area contributed by atoms with E-state index in [-0.39, 0.29) is 5.56 Å². The molecule has 0 aliphatic rings. The Labute approximate surface area is 147 Å². The lowest BCUT2D eigenvalue weighted by Gasteiger charge is -2.26. The molecule has 0 spiro atoms. The first kappa shape index (κ1) is 17.0. The van der Waals surface area contributed by atoms with Crippen molar-refractivity contribution in [2.45, 2.75) is 38.5 Å². The fourth-order valence-electron chi connectivity index (χ4n) is 3.37. The number of aryl methyl sites for hydroxylation is 1. The van der Waals surface area contributed by atoms with Crippen molar-refractivity contribution in [2.75, 3.05) is 0 Å². The number of nitrogens with one attached hydrogen (secondary N) is 1. The van der Waals surface area contributed by atoms with Crippen LogP contribution in [0.2, 0.25) is 0 Å². The number of nitriles is 1. The lowest BCUT2D eigenvalue weighted by atomic mass is 9.74. The number of nitrogens with zero attached hydrogens (tertiary/aromatic N) is 1. The van der Waals surface area contributed by atoms with Gasteiger partial charge in [0.25, 0.3) is 5.56 Å². The third-order valence-corrected chi connectivity index (χ3v) is 5.02. The van der Waals surface area contributed by atoms with Crippen LogP contribution in [-0.4, -0.2) is 4.98 Å². The average Bonchev–Trinajstić information content (AvgIpc) is 2.66. The minimum atomic E-state index is -0.601. The molecule has 2 aromatic carbocycles. The molecule has 1 aromatic heterocycles. The second-order valence-electron chi connectivity index (χ2n) is 6.49. The van der Waals surface area contributed by atoms with Crippen LogP contribution in [0.15, 0.2) is 59.4 Å². The highest BCUT2D eigenvalue weighted by Crippen LogP contribution is 2.33. The highest BCUT2D eigenvalue weighted by molar-refractivity contribution is 5.80. The molecule has 1 N–H and O–H groups in total. The molecule has 0 aliphatic heterocycles. The Hall–Kier alpha value is -2.86. The number of fused-ring (bicyclic) bond motifs is 1. The van der Waals surface area contributed by atoms with Crippen LogP contribution in [0.4, 0.5) is 0 Å². The Bertz CT molecular complexity index is 982. The van der Waals surface area contributed by atoms with Crippen LogP contribution >= 0.6 is 0 Å². The van der Waals surface area contributed by atoms with Gasteiger partial charge in [0.05, 0.1) is 11.5 Å². The van der Waals surface area contributed by atoms with Gasteiger partial charge in [-0.3, -0.25) is 4.79 Å². The van der Waals surface area contributed by atoms with E-state index < -0.39 is 5.41 Å². The zero-order valence-electron chi connectivity index (χ0n) is 14.7.